The summed E-state index contributed by atoms with van der Waals surface area (Å²) in [5.41, 5.74) is 2.60. The van der Waals surface area contributed by atoms with Gasteiger partial charge in [-0.2, -0.15) is 4.98 Å². The average Bonchev–Trinajstić information content (AvgIpc) is 3.49. The minimum absolute atomic E-state index is 0.194. The smallest absolute Gasteiger partial charge is 0.379 e. The molecule has 0 radical (unpaired) electrons. The van der Waals surface area contributed by atoms with Crippen LogP contribution in [0.5, 0.6) is 0 Å². The first-order valence-electron chi connectivity index (χ1n) is 10.2. The van der Waals surface area contributed by atoms with Crippen molar-refractivity contribution >= 4 is 23.2 Å². The lowest BCUT2D eigenvalue weighted by atomic mass is 10.1. The second kappa shape index (κ2) is 9.74. The van der Waals surface area contributed by atoms with Gasteiger partial charge in [-0.1, -0.05) is 35.9 Å². The molecule has 1 unspecified atom stereocenters. The predicted octanol–water partition coefficient (Wildman–Crippen LogP) is 4.31. The van der Waals surface area contributed by atoms with Crippen LogP contribution >= 0.6 is 11.3 Å². The number of nitrogens with one attached hydrogen (secondary N) is 1. The van der Waals surface area contributed by atoms with Gasteiger partial charge in [-0.3, -0.25) is 4.79 Å². The van der Waals surface area contributed by atoms with E-state index < -0.39 is 18.0 Å². The number of benzene rings is 2. The van der Waals surface area contributed by atoms with Gasteiger partial charge in [-0.25, -0.2) is 13.9 Å². The fourth-order valence-corrected chi connectivity index (χ4v) is 3.73. The van der Waals surface area contributed by atoms with E-state index in [0.29, 0.717) is 18.1 Å². The van der Waals surface area contributed by atoms with Crippen molar-refractivity contribution in [2.45, 2.75) is 26.5 Å². The lowest BCUT2D eigenvalue weighted by Gasteiger charge is -2.12. The molecule has 0 aliphatic carbocycles. The normalized spacial score (nSPS) is 11.7. The molecule has 0 aliphatic heterocycles. The van der Waals surface area contributed by atoms with E-state index in [2.05, 4.69) is 15.4 Å². The quantitative estimate of drug-likeness (QED) is 0.412. The van der Waals surface area contributed by atoms with Gasteiger partial charge in [-0.05, 0) is 55.1 Å². The van der Waals surface area contributed by atoms with Gasteiger partial charge in [0, 0.05) is 6.54 Å². The molecule has 4 rings (SSSR count). The molecule has 2 aromatic heterocycles. The second-order valence-electron chi connectivity index (χ2n) is 7.38. The van der Waals surface area contributed by atoms with Gasteiger partial charge in [0.15, 0.2) is 11.9 Å². The molecule has 2 aromatic carbocycles. The molecule has 1 N–H and O–H groups in total. The number of carbonyl (C=O) groups excluding carboxylic acids is 2. The lowest BCUT2D eigenvalue weighted by molar-refractivity contribution is -0.129. The third kappa shape index (κ3) is 5.32. The zero-order valence-corrected chi connectivity index (χ0v) is 18.8. The number of nitrogens with zero attached hydrogens (tertiary/aromatic N) is 3. The van der Waals surface area contributed by atoms with Crippen LogP contribution in [0.2, 0.25) is 0 Å². The zero-order chi connectivity index (χ0) is 23.4. The van der Waals surface area contributed by atoms with Crippen LogP contribution in [0.25, 0.3) is 16.4 Å². The summed E-state index contributed by atoms with van der Waals surface area (Å²) in [6.07, 6.45) is -1.04. The van der Waals surface area contributed by atoms with E-state index in [4.69, 9.17) is 4.74 Å². The van der Waals surface area contributed by atoms with Gasteiger partial charge in [0.25, 0.3) is 11.7 Å². The van der Waals surface area contributed by atoms with Crippen LogP contribution < -0.4 is 5.32 Å². The molecule has 7 nitrogen and oxygen atoms in total. The number of ether oxygens (including phenoxy) is 1. The molecule has 9 heteroatoms. The van der Waals surface area contributed by atoms with Crippen LogP contribution in [0.4, 0.5) is 4.39 Å². The van der Waals surface area contributed by atoms with E-state index >= 15 is 0 Å². The Labute approximate surface area is 193 Å². The Morgan fingerprint density at radius 1 is 1.12 bits per heavy atom. The number of rotatable bonds is 7. The standard InChI is InChI=1S/C24H21FN4O3S/c1-15-5-7-17(8-6-15)14-26-23(30)16(2)32-24(31)21-27-22(20-4-3-13-33-20)29(28-21)19-11-9-18(25)10-12-19/h3-13,16H,14H2,1-2H3,(H,26,30). The van der Waals surface area contributed by atoms with Gasteiger partial charge in [0.2, 0.25) is 0 Å². The Morgan fingerprint density at radius 3 is 2.52 bits per heavy atom. The lowest BCUT2D eigenvalue weighted by Crippen LogP contribution is -2.35. The van der Waals surface area contributed by atoms with E-state index in [1.54, 1.807) is 0 Å². The summed E-state index contributed by atoms with van der Waals surface area (Å²) < 4.78 is 20.1. The topological polar surface area (TPSA) is 86.1 Å². The maximum Gasteiger partial charge on any atom is 0.379 e. The van der Waals surface area contributed by atoms with E-state index in [1.165, 1.54) is 47.2 Å². The Hall–Kier alpha value is -3.85. The molecule has 168 valence electrons. The van der Waals surface area contributed by atoms with Crippen LogP contribution in [-0.4, -0.2) is 32.7 Å². The molecule has 33 heavy (non-hydrogen) atoms. The fraction of sp³-hybridized carbons (Fsp3) is 0.167. The Morgan fingerprint density at radius 2 is 1.85 bits per heavy atom. The van der Waals surface area contributed by atoms with Crippen molar-refractivity contribution < 1.29 is 18.7 Å². The first kappa shape index (κ1) is 22.3. The summed E-state index contributed by atoms with van der Waals surface area (Å²) >= 11 is 1.42. The largest absolute Gasteiger partial charge is 0.447 e. The van der Waals surface area contributed by atoms with Crippen LogP contribution in [0.15, 0.2) is 66.0 Å². The molecule has 1 atom stereocenters. The van der Waals surface area contributed by atoms with E-state index in [-0.39, 0.29) is 11.6 Å². The van der Waals surface area contributed by atoms with Crippen molar-refractivity contribution in [2.24, 2.45) is 0 Å². The molecule has 0 bridgehead atoms. The van der Waals surface area contributed by atoms with Gasteiger partial charge >= 0.3 is 5.97 Å². The number of hydrogen-bond donors (Lipinski definition) is 1. The number of carbonyl (C=O) groups is 2. The highest BCUT2D eigenvalue weighted by Gasteiger charge is 2.24. The summed E-state index contributed by atoms with van der Waals surface area (Å²) in [7, 11) is 0. The summed E-state index contributed by atoms with van der Waals surface area (Å²) in [5, 5.41) is 8.89. The van der Waals surface area contributed by atoms with E-state index in [0.717, 1.165) is 16.0 Å². The number of amides is 1. The SMILES string of the molecule is Cc1ccc(CNC(=O)C(C)OC(=O)c2nc(-c3cccs3)n(-c3ccc(F)cc3)n2)cc1. The summed E-state index contributed by atoms with van der Waals surface area (Å²) in [5.74, 6) is -1.42. The highest BCUT2D eigenvalue weighted by Crippen LogP contribution is 2.26. The van der Waals surface area contributed by atoms with Gasteiger partial charge in [0.1, 0.15) is 5.82 Å². The van der Waals surface area contributed by atoms with Crippen LogP contribution in [-0.2, 0) is 16.1 Å². The van der Waals surface area contributed by atoms with Crippen molar-refractivity contribution in [3.05, 3.63) is 88.8 Å². The Bertz CT molecular complexity index is 1250. The molecule has 0 aliphatic rings. The number of esters is 1. The van der Waals surface area contributed by atoms with Gasteiger partial charge < -0.3 is 10.1 Å². The highest BCUT2D eigenvalue weighted by atomic mass is 32.1. The molecule has 0 saturated carbocycles. The van der Waals surface area contributed by atoms with Crippen molar-refractivity contribution in [2.75, 3.05) is 0 Å². The first-order chi connectivity index (χ1) is 15.9. The Kier molecular flexibility index (Phi) is 6.60. The zero-order valence-electron chi connectivity index (χ0n) is 18.0. The maximum atomic E-state index is 13.4. The molecule has 2 heterocycles. The molecule has 1 amide bonds. The summed E-state index contributed by atoms with van der Waals surface area (Å²) in [6, 6.07) is 17.1. The van der Waals surface area contributed by atoms with Gasteiger partial charge in [0.05, 0.1) is 10.6 Å². The van der Waals surface area contributed by atoms with Crippen molar-refractivity contribution in [3.63, 3.8) is 0 Å². The van der Waals surface area contributed by atoms with Crippen LogP contribution in [0, 0.1) is 12.7 Å². The molecule has 4 aromatic rings. The second-order valence-corrected chi connectivity index (χ2v) is 8.32. The van der Waals surface area contributed by atoms with Crippen LogP contribution in [0.1, 0.15) is 28.7 Å². The Balaban J connectivity index is 1.48. The van der Waals surface area contributed by atoms with Crippen molar-refractivity contribution in [1.29, 1.82) is 0 Å². The average molecular weight is 465 g/mol. The molecule has 0 fully saturated rings. The van der Waals surface area contributed by atoms with Gasteiger partial charge in [-0.15, -0.1) is 16.4 Å². The summed E-state index contributed by atoms with van der Waals surface area (Å²) in [4.78, 5) is 30.2. The minimum atomic E-state index is -1.04. The third-order valence-corrected chi connectivity index (χ3v) is 5.71. The monoisotopic (exact) mass is 464 g/mol. The van der Waals surface area contributed by atoms with Crippen LogP contribution in [0.3, 0.4) is 0 Å². The first-order valence-corrected chi connectivity index (χ1v) is 11.1. The predicted molar refractivity (Wildman–Crippen MR) is 123 cm³/mol. The molecular formula is C24H21FN4O3S. The van der Waals surface area contributed by atoms with E-state index in [9.17, 15) is 14.0 Å². The number of hydrogen-bond acceptors (Lipinski definition) is 6. The van der Waals surface area contributed by atoms with E-state index in [1.807, 2.05) is 48.7 Å². The number of aryl methyl sites for hydroxylation is 1. The number of thiophene rings is 1. The van der Waals surface area contributed by atoms with Crippen molar-refractivity contribution in [1.82, 2.24) is 20.1 Å². The van der Waals surface area contributed by atoms with Crippen molar-refractivity contribution in [3.8, 4) is 16.4 Å². The number of halogens is 1. The molecular weight excluding hydrogens is 443 g/mol. The highest BCUT2D eigenvalue weighted by molar-refractivity contribution is 7.13. The molecule has 0 spiro atoms. The summed E-state index contributed by atoms with van der Waals surface area (Å²) in [6.45, 7) is 3.79. The third-order valence-electron chi connectivity index (χ3n) is 4.84. The fourth-order valence-electron chi connectivity index (χ4n) is 3.03. The molecule has 0 saturated heterocycles. The maximum absolute atomic E-state index is 13.4. The minimum Gasteiger partial charge on any atom is -0.447 e. The number of aromatic nitrogens is 3.